The summed E-state index contributed by atoms with van der Waals surface area (Å²) in [5.74, 6) is 6.57. The Morgan fingerprint density at radius 2 is 1.76 bits per heavy atom. The molecule has 1 saturated heterocycles. The molecule has 5 aliphatic rings. The lowest BCUT2D eigenvalue weighted by atomic mass is 9.49. The van der Waals surface area contributed by atoms with E-state index in [-0.39, 0.29) is 11.3 Å². The van der Waals surface area contributed by atoms with E-state index >= 15 is 0 Å². The van der Waals surface area contributed by atoms with Gasteiger partial charge in [0.05, 0.1) is 18.8 Å². The molecule has 3 N–H and O–H groups in total. The fraction of sp³-hybridized carbons (Fsp3) is 0.688. The molecular formula is C32H43NO4. The number of benzene rings is 1. The number of hydrogen-bond donors (Lipinski definition) is 3. The van der Waals surface area contributed by atoms with E-state index in [0.717, 1.165) is 50.6 Å². The topological polar surface area (TPSA) is 71.0 Å². The van der Waals surface area contributed by atoms with Crippen LogP contribution in [0.3, 0.4) is 0 Å². The highest BCUT2D eigenvalue weighted by Crippen LogP contribution is 2.67. The first-order valence-corrected chi connectivity index (χ1v) is 14.4. The van der Waals surface area contributed by atoms with Gasteiger partial charge in [-0.1, -0.05) is 30.6 Å². The van der Waals surface area contributed by atoms with Crippen LogP contribution in [-0.4, -0.2) is 46.5 Å². The highest BCUT2D eigenvalue weighted by Gasteiger charge is 2.64. The van der Waals surface area contributed by atoms with Crippen LogP contribution < -0.4 is 5.32 Å². The average Bonchev–Trinajstić information content (AvgIpc) is 3.40. The van der Waals surface area contributed by atoms with Crippen molar-refractivity contribution in [1.29, 1.82) is 0 Å². The molecule has 1 heterocycles. The summed E-state index contributed by atoms with van der Waals surface area (Å²) in [6.45, 7) is 9.66. The lowest BCUT2D eigenvalue weighted by Gasteiger charge is -2.57. The SMILES string of the molecule is CC#C[C@]1(O)CC[C@H]2[C@@H]3CC[C@@]4(O)CC5(CCC4=C3[C@@H](c3ccc(NC(C)C)cc3)C[C@@]21C)OCCO5. The summed E-state index contributed by atoms with van der Waals surface area (Å²) in [4.78, 5) is 0. The van der Waals surface area contributed by atoms with Crippen LogP contribution >= 0.6 is 0 Å². The van der Waals surface area contributed by atoms with Crippen molar-refractivity contribution in [3.05, 3.63) is 41.0 Å². The Labute approximate surface area is 222 Å². The summed E-state index contributed by atoms with van der Waals surface area (Å²) < 4.78 is 12.1. The number of nitrogens with one attached hydrogen (secondary N) is 1. The maximum atomic E-state index is 12.2. The van der Waals surface area contributed by atoms with Gasteiger partial charge in [-0.15, -0.1) is 5.92 Å². The van der Waals surface area contributed by atoms with E-state index in [0.29, 0.717) is 37.5 Å². The molecule has 0 radical (unpaired) electrons. The van der Waals surface area contributed by atoms with Crippen LogP contribution in [0.1, 0.15) is 90.5 Å². The molecule has 3 saturated carbocycles. The number of anilines is 1. The van der Waals surface area contributed by atoms with E-state index in [9.17, 15) is 10.2 Å². The van der Waals surface area contributed by atoms with Crippen LogP contribution in [0.25, 0.3) is 0 Å². The highest BCUT2D eigenvalue weighted by molar-refractivity contribution is 5.50. The number of fused-ring (bicyclic) bond motifs is 4. The molecule has 4 fully saturated rings. The van der Waals surface area contributed by atoms with E-state index < -0.39 is 17.0 Å². The molecule has 6 rings (SSSR count). The number of aliphatic hydroxyl groups is 2. The third-order valence-electron chi connectivity index (χ3n) is 10.5. The van der Waals surface area contributed by atoms with E-state index in [1.807, 2.05) is 6.92 Å². The predicted molar refractivity (Wildman–Crippen MR) is 145 cm³/mol. The van der Waals surface area contributed by atoms with E-state index in [4.69, 9.17) is 9.47 Å². The van der Waals surface area contributed by atoms with Crippen molar-refractivity contribution in [2.45, 2.75) is 108 Å². The van der Waals surface area contributed by atoms with Gasteiger partial charge in [0.15, 0.2) is 5.79 Å². The minimum Gasteiger partial charge on any atom is -0.385 e. The van der Waals surface area contributed by atoms with Crippen LogP contribution in [-0.2, 0) is 9.47 Å². The molecular weight excluding hydrogens is 462 g/mol. The second kappa shape index (κ2) is 8.85. The quantitative estimate of drug-likeness (QED) is 0.372. The normalized spacial score (nSPS) is 40.1. The maximum absolute atomic E-state index is 12.2. The fourth-order valence-corrected chi connectivity index (χ4v) is 8.87. The summed E-state index contributed by atoms with van der Waals surface area (Å²) in [5, 5.41) is 27.5. The van der Waals surface area contributed by atoms with Crippen LogP contribution in [0.4, 0.5) is 5.69 Å². The molecule has 4 aliphatic carbocycles. The van der Waals surface area contributed by atoms with Crippen molar-refractivity contribution in [2.24, 2.45) is 17.3 Å². The first kappa shape index (κ1) is 25.4. The Morgan fingerprint density at radius 1 is 1.03 bits per heavy atom. The van der Waals surface area contributed by atoms with Gasteiger partial charge < -0.3 is 25.0 Å². The standard InChI is InChI=1S/C32H43NO4/c1-5-13-31(35)15-11-26-24-10-14-30(34)20-32(36-17-18-37-32)16-12-27(30)28(24)25(19-29(26,31)4)22-6-8-23(9-7-22)33-21(2)3/h6-9,21,24-26,33-35H,10-12,14-20H2,1-4H3/t24-,25+,26-,29-,30+,31-/m0/s1. The van der Waals surface area contributed by atoms with Crippen LogP contribution in [0.2, 0.25) is 0 Å². The molecule has 200 valence electrons. The molecule has 1 aromatic rings. The third kappa shape index (κ3) is 3.90. The largest absolute Gasteiger partial charge is 0.385 e. The van der Waals surface area contributed by atoms with Gasteiger partial charge in [-0.05, 0) is 94.4 Å². The summed E-state index contributed by atoms with van der Waals surface area (Å²) in [6.07, 6.45) is 6.39. The number of rotatable bonds is 3. The van der Waals surface area contributed by atoms with Gasteiger partial charge in [-0.2, -0.15) is 0 Å². The zero-order valence-electron chi connectivity index (χ0n) is 22.9. The zero-order valence-corrected chi connectivity index (χ0v) is 22.9. The average molecular weight is 506 g/mol. The summed E-state index contributed by atoms with van der Waals surface area (Å²) in [7, 11) is 0. The third-order valence-corrected chi connectivity index (χ3v) is 10.5. The molecule has 0 unspecified atom stereocenters. The van der Waals surface area contributed by atoms with Gasteiger partial charge in [0.2, 0.25) is 0 Å². The molecule has 1 aromatic carbocycles. The van der Waals surface area contributed by atoms with E-state index in [1.165, 1.54) is 16.7 Å². The van der Waals surface area contributed by atoms with Gasteiger partial charge >= 0.3 is 0 Å². The second-order valence-electron chi connectivity index (χ2n) is 12.9. The predicted octanol–water partition coefficient (Wildman–Crippen LogP) is 5.53. The van der Waals surface area contributed by atoms with Crippen molar-refractivity contribution >= 4 is 5.69 Å². The Kier molecular flexibility index (Phi) is 6.08. The van der Waals surface area contributed by atoms with Crippen molar-refractivity contribution in [3.63, 3.8) is 0 Å². The Balaban J connectivity index is 1.46. The van der Waals surface area contributed by atoms with Crippen LogP contribution in [0.15, 0.2) is 35.4 Å². The van der Waals surface area contributed by atoms with Crippen LogP contribution in [0.5, 0.6) is 0 Å². The molecule has 0 aromatic heterocycles. The van der Waals surface area contributed by atoms with Crippen LogP contribution in [0, 0.1) is 29.1 Å². The first-order valence-electron chi connectivity index (χ1n) is 14.4. The maximum Gasteiger partial charge on any atom is 0.171 e. The Morgan fingerprint density at radius 3 is 2.43 bits per heavy atom. The molecule has 0 bridgehead atoms. The molecule has 6 atom stereocenters. The molecule has 37 heavy (non-hydrogen) atoms. The minimum atomic E-state index is -0.962. The summed E-state index contributed by atoms with van der Waals surface area (Å²) >= 11 is 0. The molecule has 1 spiro atoms. The number of hydrogen-bond acceptors (Lipinski definition) is 5. The second-order valence-corrected chi connectivity index (χ2v) is 12.9. The van der Waals surface area contributed by atoms with Gasteiger partial charge in [-0.25, -0.2) is 0 Å². The summed E-state index contributed by atoms with van der Waals surface area (Å²) in [5.41, 5.74) is 2.96. The van der Waals surface area contributed by atoms with Gasteiger partial charge in [-0.3, -0.25) is 0 Å². The zero-order chi connectivity index (χ0) is 26.1. The van der Waals surface area contributed by atoms with Gasteiger partial charge in [0.25, 0.3) is 0 Å². The van der Waals surface area contributed by atoms with Gasteiger partial charge in [0, 0.05) is 35.9 Å². The lowest BCUT2D eigenvalue weighted by Crippen LogP contribution is -2.55. The van der Waals surface area contributed by atoms with Crippen molar-refractivity contribution in [1.82, 2.24) is 0 Å². The molecule has 5 nitrogen and oxygen atoms in total. The molecule has 5 heteroatoms. The minimum absolute atomic E-state index is 0.156. The van der Waals surface area contributed by atoms with E-state index in [2.05, 4.69) is 62.2 Å². The van der Waals surface area contributed by atoms with Gasteiger partial charge in [0.1, 0.15) is 5.60 Å². The number of ether oxygens (including phenoxy) is 2. The smallest absolute Gasteiger partial charge is 0.171 e. The lowest BCUT2D eigenvalue weighted by molar-refractivity contribution is -0.208. The molecule has 0 amide bonds. The summed E-state index contributed by atoms with van der Waals surface area (Å²) in [6, 6.07) is 9.25. The van der Waals surface area contributed by atoms with Crippen molar-refractivity contribution in [3.8, 4) is 11.8 Å². The fourth-order valence-electron chi connectivity index (χ4n) is 8.87. The molecule has 1 aliphatic heterocycles. The van der Waals surface area contributed by atoms with Crippen molar-refractivity contribution < 1.29 is 19.7 Å². The Bertz CT molecular complexity index is 1140. The highest BCUT2D eigenvalue weighted by atomic mass is 16.7. The van der Waals surface area contributed by atoms with Crippen molar-refractivity contribution in [2.75, 3.05) is 18.5 Å². The monoisotopic (exact) mass is 505 g/mol. The van der Waals surface area contributed by atoms with E-state index in [1.54, 1.807) is 0 Å². The number of allylic oxidation sites excluding steroid dienone is 1. The first-order chi connectivity index (χ1) is 17.6. The Hall–Kier alpha value is -1.84.